The maximum Gasteiger partial charge on any atom is 3.00 e. The Balaban J connectivity index is -0.0000000457. The molecular weight excluding hydrogens is 530 g/mol. The van der Waals surface area contributed by atoms with Crippen molar-refractivity contribution >= 4 is 15.6 Å². The number of phosphoric acid groups is 2. The van der Waals surface area contributed by atoms with E-state index in [1.807, 2.05) is 0 Å². The van der Waals surface area contributed by atoms with Crippen LogP contribution in [0.25, 0.3) is 0 Å². The van der Waals surface area contributed by atoms with Gasteiger partial charge in [0.15, 0.2) is 0 Å². The van der Waals surface area contributed by atoms with Crippen LogP contribution in [0.2, 0.25) is 0 Å². The molecule has 0 rings (SSSR count). The van der Waals surface area contributed by atoms with Crippen LogP contribution < -0.4 is 29.4 Å². The largest absolute Gasteiger partial charge is 3.00 e. The van der Waals surface area contributed by atoms with E-state index in [0.717, 1.165) is 0 Å². The van der Waals surface area contributed by atoms with Crippen molar-refractivity contribution in [3.63, 3.8) is 0 Å². The van der Waals surface area contributed by atoms with E-state index in [0.29, 0.717) is 0 Å². The summed E-state index contributed by atoms with van der Waals surface area (Å²) in [5.74, 6) is 0. The Morgan fingerprint density at radius 1 is 0.667 bits per heavy atom. The van der Waals surface area contributed by atoms with Gasteiger partial charge in [0, 0.05) is 0 Å². The van der Waals surface area contributed by atoms with Crippen LogP contribution in [-0.2, 0) is 9.13 Å². The summed E-state index contributed by atoms with van der Waals surface area (Å²) in [6, 6.07) is 0. The number of hydrogen-bond donors (Lipinski definition) is 0. The first-order chi connectivity index (χ1) is 4.00. The van der Waals surface area contributed by atoms with E-state index in [9.17, 15) is 0 Å². The Bertz CT molecular complexity index is 129. The Hall–Kier alpha value is 2.99. The van der Waals surface area contributed by atoms with Crippen molar-refractivity contribution in [3.05, 3.63) is 0 Å². The van der Waals surface area contributed by atoms with Gasteiger partial charge in [-0.3, -0.25) is 0 Å². The molecule has 0 atom stereocenters. The van der Waals surface area contributed by atoms with E-state index < -0.39 is 15.6 Å². The van der Waals surface area contributed by atoms with Gasteiger partial charge >= 0.3 is 84.2 Å². The summed E-state index contributed by atoms with van der Waals surface area (Å²) in [6.45, 7) is 0. The predicted molar refractivity (Wildman–Crippen MR) is 15.2 cm³/mol. The summed E-state index contributed by atoms with van der Waals surface area (Å²) in [5, 5.41) is 0. The van der Waals surface area contributed by atoms with Crippen molar-refractivity contribution < 1.29 is 123 Å². The van der Waals surface area contributed by atoms with Crippen LogP contribution >= 0.6 is 15.6 Å². The van der Waals surface area contributed by atoms with Gasteiger partial charge in [0.25, 0.3) is 0 Å². The number of rotatable bonds is 0. The van der Waals surface area contributed by atoms with Gasteiger partial charge in [0.05, 0.1) is 0 Å². The maximum absolute atomic E-state index is 8.55. The topological polar surface area (TPSA) is 172 Å². The summed E-state index contributed by atoms with van der Waals surface area (Å²) >= 11 is 0. The zero-order valence-corrected chi connectivity index (χ0v) is 10.1. The van der Waals surface area contributed by atoms with Crippen LogP contribution in [0.15, 0.2) is 0 Å². The van der Waals surface area contributed by atoms with Crippen molar-refractivity contribution in [2.24, 2.45) is 0 Å². The van der Waals surface area contributed by atoms with Crippen LogP contribution in [0, 0.1) is 84.2 Å². The van der Waals surface area contributed by atoms with Crippen molar-refractivity contribution in [2.75, 3.05) is 0 Å². The van der Waals surface area contributed by atoms with E-state index in [4.69, 9.17) is 38.5 Å². The van der Waals surface area contributed by atoms with E-state index >= 15 is 0 Å². The monoisotopic (exact) mass is 530 g/mol. The molecule has 0 aliphatic heterocycles. The third kappa shape index (κ3) is 209. The van der Waals surface area contributed by atoms with Crippen LogP contribution in [0.5, 0.6) is 0 Å². The van der Waals surface area contributed by atoms with E-state index in [-0.39, 0.29) is 84.2 Å². The van der Waals surface area contributed by atoms with Gasteiger partial charge in [-0.1, -0.05) is 0 Å². The van der Waals surface area contributed by atoms with Gasteiger partial charge in [0.2, 0.25) is 0 Å². The zero-order valence-electron chi connectivity index (χ0n) is 4.72. The SMILES string of the molecule is O=P([O-])([O-])[O-].O=P([O-])([O-])[O-].[Er+3].[Yb+3]. The average Bonchev–Trinajstić information content (AvgIpc) is 1.12. The predicted octanol–water partition coefficient (Wildman–Crippen LogP) is -5.65. The molecule has 12 heteroatoms. The van der Waals surface area contributed by atoms with Crippen LogP contribution in [-0.4, -0.2) is 0 Å². The second-order valence-corrected chi connectivity index (χ2v) is 2.68. The molecule has 0 heterocycles. The van der Waals surface area contributed by atoms with Crippen molar-refractivity contribution in [2.45, 2.75) is 0 Å². The molecule has 84 valence electrons. The van der Waals surface area contributed by atoms with Gasteiger partial charge in [0.1, 0.15) is 0 Å². The molecule has 0 saturated heterocycles. The fraction of sp³-hybridized carbons (Fsp3) is 0. The molecular formula is ErO8P2Yb. The molecule has 0 aliphatic rings. The molecule has 0 aromatic heterocycles. The summed E-state index contributed by atoms with van der Waals surface area (Å²) in [4.78, 5) is 51.3. The summed E-state index contributed by atoms with van der Waals surface area (Å²) in [6.07, 6.45) is 0. The maximum atomic E-state index is 8.55. The average molecular weight is 530 g/mol. The first-order valence-corrected chi connectivity index (χ1v) is 4.38. The third-order valence-electron chi connectivity index (χ3n) is 0. The van der Waals surface area contributed by atoms with Crippen molar-refractivity contribution in [3.8, 4) is 0 Å². The third-order valence-corrected chi connectivity index (χ3v) is 0. The summed E-state index contributed by atoms with van der Waals surface area (Å²) in [7, 11) is -10.8. The molecule has 0 N–H and O–H groups in total. The van der Waals surface area contributed by atoms with E-state index in [2.05, 4.69) is 0 Å². The van der Waals surface area contributed by atoms with E-state index in [1.54, 1.807) is 0 Å². The van der Waals surface area contributed by atoms with Gasteiger partial charge < -0.3 is 38.5 Å². The standard InChI is InChI=1S/Er.2H3O4P.Yb/c;2*1-5(2,3)4;/h;2*(H3,1,2,3,4);/q+3;;;+3/p-6. The minimum Gasteiger partial charge on any atom is -0.822 e. The molecule has 0 bridgehead atoms. The molecule has 0 saturated carbocycles. The molecule has 12 heavy (non-hydrogen) atoms. The van der Waals surface area contributed by atoms with Crippen LogP contribution in [0.1, 0.15) is 0 Å². The second-order valence-electron chi connectivity index (χ2n) is 0.894. The van der Waals surface area contributed by atoms with Crippen molar-refractivity contribution in [1.29, 1.82) is 0 Å². The first kappa shape index (κ1) is 24.3. The van der Waals surface area contributed by atoms with Gasteiger partial charge in [-0.05, 0) is 0 Å². The van der Waals surface area contributed by atoms with E-state index in [1.165, 1.54) is 0 Å². The molecule has 0 fully saturated rings. The van der Waals surface area contributed by atoms with Crippen molar-refractivity contribution in [1.82, 2.24) is 0 Å². The van der Waals surface area contributed by atoms with Crippen LogP contribution in [0.3, 0.4) is 0 Å². The van der Waals surface area contributed by atoms with Crippen LogP contribution in [0.4, 0.5) is 0 Å². The smallest absolute Gasteiger partial charge is 0.822 e. The molecule has 2 radical (unpaired) electrons. The molecule has 0 aromatic rings. The first-order valence-electron chi connectivity index (χ1n) is 1.46. The Kier molecular flexibility index (Phi) is 21.3. The Labute approximate surface area is 136 Å². The van der Waals surface area contributed by atoms with Gasteiger partial charge in [-0.25, -0.2) is 0 Å². The fourth-order valence-electron chi connectivity index (χ4n) is 0. The normalized spacial score (nSPS) is 9.83. The van der Waals surface area contributed by atoms with Gasteiger partial charge in [-0.2, -0.15) is 15.6 Å². The molecule has 8 nitrogen and oxygen atoms in total. The molecule has 0 aliphatic carbocycles. The molecule has 0 spiro atoms. The summed E-state index contributed by atoms with van der Waals surface area (Å²) < 4.78 is 17.1. The molecule has 0 unspecified atom stereocenters. The minimum absolute atomic E-state index is 0. The fourth-order valence-corrected chi connectivity index (χ4v) is 0. The van der Waals surface area contributed by atoms with Gasteiger partial charge in [-0.15, -0.1) is 0 Å². The molecule has 0 aromatic carbocycles. The number of hydrogen-bond acceptors (Lipinski definition) is 8. The minimum atomic E-state index is -5.39. The summed E-state index contributed by atoms with van der Waals surface area (Å²) in [5.41, 5.74) is 0. The quantitative estimate of drug-likeness (QED) is 0.279. The zero-order chi connectivity index (χ0) is 9.00. The Morgan fingerprint density at radius 3 is 0.667 bits per heavy atom. The molecule has 0 amide bonds. The Morgan fingerprint density at radius 2 is 0.667 bits per heavy atom. The second kappa shape index (κ2) is 10.5.